The van der Waals surface area contributed by atoms with Gasteiger partial charge in [-0.05, 0) is 119 Å². The largest absolute Gasteiger partial charge is 0.480 e. The fraction of sp³-hybridized carbons (Fsp3) is 0.552. The van der Waals surface area contributed by atoms with Crippen LogP contribution in [0.3, 0.4) is 0 Å². The summed E-state index contributed by atoms with van der Waals surface area (Å²) in [5, 5.41) is 21.4. The smallest absolute Gasteiger partial charge is 0.326 e. The van der Waals surface area contributed by atoms with E-state index in [4.69, 9.17) is 22.9 Å². The molecule has 8 atom stereocenters. The van der Waals surface area contributed by atoms with Gasteiger partial charge in [0, 0.05) is 43.6 Å². The topological polar surface area (TPSA) is 309 Å². The molecule has 0 aromatic heterocycles. The summed E-state index contributed by atoms with van der Waals surface area (Å²) in [6, 6.07) is 23.1. The van der Waals surface area contributed by atoms with Crippen molar-refractivity contribution in [3.63, 3.8) is 0 Å². The zero-order chi connectivity index (χ0) is 55.3. The van der Waals surface area contributed by atoms with E-state index < -0.39 is 71.7 Å². The third-order valence-electron chi connectivity index (χ3n) is 13.3. The van der Waals surface area contributed by atoms with Crippen LogP contribution in [0.4, 0.5) is 0 Å². The number of unbranched alkanes of at least 4 members (excludes halogenated alkanes) is 1. The molecule has 0 aliphatic rings. The van der Waals surface area contributed by atoms with Gasteiger partial charge in [-0.25, -0.2) is 4.79 Å². The minimum Gasteiger partial charge on any atom is -0.480 e. The summed E-state index contributed by atoms with van der Waals surface area (Å²) in [7, 11) is 0. The predicted octanol–water partition coefficient (Wildman–Crippen LogP) is 4.49. The Kier molecular flexibility index (Phi) is 29.0. The Morgan fingerprint density at radius 3 is 1.31 bits per heavy atom. The van der Waals surface area contributed by atoms with E-state index in [1.807, 2.05) is 119 Å². The number of amides is 4. The molecule has 0 heterocycles. The molecule has 0 radical (unpaired) electrons. The molecule has 75 heavy (non-hydrogen) atoms. The normalized spacial score (nSPS) is 14.6. The van der Waals surface area contributed by atoms with Gasteiger partial charge in [0.05, 0.1) is 24.2 Å². The molecular formula is C58H86N8O9. The lowest BCUT2D eigenvalue weighted by atomic mass is 9.88. The van der Waals surface area contributed by atoms with Crippen LogP contribution in [0.15, 0.2) is 91.0 Å². The van der Waals surface area contributed by atoms with Crippen molar-refractivity contribution in [2.75, 3.05) is 19.6 Å². The molecule has 4 amide bonds. The molecule has 3 aromatic carbocycles. The standard InChI is InChI=1S/C58H86N8O9/c1-38(2)30-49(65-56(72)45(32-40-18-8-5-9-19-40)37-51(67)46(61)33-41-20-10-6-11-21-41)52(68)35-43(24-16-27-59)54(70)63-29-15-14-26-48(58(74)75)64-55(71)44(25-17-28-60)36-53(69)50(31-39(3)4)66-57(73)47(62)34-42-22-12-7-13-23-42/h5-13,18-23,38-39,43-50H,14-17,24-37,59-62H2,1-4H3,(H,63,70)(H,64,71)(H,65,72)(H,66,73)(H,74,75)/t43-,44-,45-,46+,47+,48-,49+,50+/m0/s1. The number of nitrogens with one attached hydrogen (secondary N) is 4. The summed E-state index contributed by atoms with van der Waals surface area (Å²) in [5.41, 5.74) is 26.8. The van der Waals surface area contributed by atoms with Crippen LogP contribution in [0.1, 0.15) is 121 Å². The molecule has 0 fully saturated rings. The third kappa shape index (κ3) is 24.4. The summed E-state index contributed by atoms with van der Waals surface area (Å²) in [4.78, 5) is 109. The summed E-state index contributed by atoms with van der Waals surface area (Å²) in [6.07, 6.45) is 3.02. The predicted molar refractivity (Wildman–Crippen MR) is 292 cm³/mol. The second-order valence-corrected chi connectivity index (χ2v) is 20.8. The maximum absolute atomic E-state index is 14.1. The average Bonchev–Trinajstić information content (AvgIpc) is 3.37. The summed E-state index contributed by atoms with van der Waals surface area (Å²) in [5.74, 6) is -6.61. The molecule has 0 aliphatic carbocycles. The first-order valence-corrected chi connectivity index (χ1v) is 26.8. The maximum Gasteiger partial charge on any atom is 0.326 e. The van der Waals surface area contributed by atoms with E-state index in [9.17, 15) is 43.5 Å². The highest BCUT2D eigenvalue weighted by atomic mass is 16.4. The van der Waals surface area contributed by atoms with Gasteiger partial charge in [-0.3, -0.25) is 33.6 Å². The fourth-order valence-corrected chi connectivity index (χ4v) is 9.07. The highest BCUT2D eigenvalue weighted by Crippen LogP contribution is 2.21. The van der Waals surface area contributed by atoms with Gasteiger partial charge in [-0.15, -0.1) is 0 Å². The fourth-order valence-electron chi connectivity index (χ4n) is 9.07. The lowest BCUT2D eigenvalue weighted by Crippen LogP contribution is -2.50. The second-order valence-electron chi connectivity index (χ2n) is 20.8. The highest BCUT2D eigenvalue weighted by molar-refractivity contribution is 5.96. The molecule has 0 unspecified atom stereocenters. The molecule has 17 heteroatoms. The van der Waals surface area contributed by atoms with E-state index in [0.29, 0.717) is 51.4 Å². The van der Waals surface area contributed by atoms with Gasteiger partial charge in [-0.2, -0.15) is 0 Å². The summed E-state index contributed by atoms with van der Waals surface area (Å²) < 4.78 is 0. The van der Waals surface area contributed by atoms with Crippen molar-refractivity contribution in [3.05, 3.63) is 108 Å². The van der Waals surface area contributed by atoms with Gasteiger partial charge in [0.1, 0.15) is 6.04 Å². The minimum atomic E-state index is -1.29. The number of rotatable bonds is 38. The number of ketones is 3. The van der Waals surface area contributed by atoms with Gasteiger partial charge in [0.25, 0.3) is 0 Å². The Bertz CT molecular complexity index is 2230. The van der Waals surface area contributed by atoms with Gasteiger partial charge in [-0.1, -0.05) is 119 Å². The Hall–Kier alpha value is -6.14. The summed E-state index contributed by atoms with van der Waals surface area (Å²) in [6.45, 7) is 8.37. The molecular weight excluding hydrogens is 953 g/mol. The zero-order valence-corrected chi connectivity index (χ0v) is 44.7. The summed E-state index contributed by atoms with van der Waals surface area (Å²) >= 11 is 0. The Balaban J connectivity index is 1.62. The molecule has 0 aliphatic heterocycles. The molecule has 0 saturated carbocycles. The first-order valence-electron chi connectivity index (χ1n) is 26.8. The minimum absolute atomic E-state index is 0.000399. The molecule has 17 nitrogen and oxygen atoms in total. The lowest BCUT2D eigenvalue weighted by molar-refractivity contribution is -0.143. The SMILES string of the molecule is CC(C)C[C@@H](NC(=O)[C@H](CC(=O)[C@H](N)Cc1ccccc1)Cc1ccccc1)C(=O)C[C@H](CCCN)C(=O)NCCCC[C@H](NC(=O)[C@@H](CCCN)CC(=O)[C@@H](CC(C)C)NC(=O)[C@H](N)Cc1ccccc1)C(=O)O. The third-order valence-corrected chi connectivity index (χ3v) is 13.3. The van der Waals surface area contributed by atoms with Crippen LogP contribution in [0.25, 0.3) is 0 Å². The van der Waals surface area contributed by atoms with Crippen LogP contribution < -0.4 is 44.2 Å². The number of carbonyl (C=O) groups excluding carboxylic acids is 7. The van der Waals surface area contributed by atoms with Gasteiger partial charge < -0.3 is 49.3 Å². The van der Waals surface area contributed by atoms with Crippen LogP contribution in [-0.2, 0) is 57.6 Å². The van der Waals surface area contributed by atoms with Crippen molar-refractivity contribution in [1.82, 2.24) is 21.3 Å². The van der Waals surface area contributed by atoms with Crippen LogP contribution in [0.2, 0.25) is 0 Å². The number of Topliss-reactive ketones (excluding diaryl/α,β-unsaturated/α-hetero) is 3. The lowest BCUT2D eigenvalue weighted by Gasteiger charge is -2.25. The number of carboxylic acids is 1. The highest BCUT2D eigenvalue weighted by Gasteiger charge is 2.34. The molecule has 3 aromatic rings. The van der Waals surface area contributed by atoms with Gasteiger partial charge in [0.2, 0.25) is 23.6 Å². The molecule has 13 N–H and O–H groups in total. The average molecular weight is 1040 g/mol. The van der Waals surface area contributed by atoms with Gasteiger partial charge >= 0.3 is 5.97 Å². The monoisotopic (exact) mass is 1040 g/mol. The van der Waals surface area contributed by atoms with Crippen molar-refractivity contribution in [2.45, 2.75) is 154 Å². The number of benzene rings is 3. The van der Waals surface area contributed by atoms with E-state index >= 15 is 0 Å². The van der Waals surface area contributed by atoms with Crippen LogP contribution in [-0.4, -0.2) is 102 Å². The Morgan fingerprint density at radius 2 is 0.853 bits per heavy atom. The van der Waals surface area contributed by atoms with Crippen molar-refractivity contribution >= 4 is 46.9 Å². The first-order chi connectivity index (χ1) is 35.8. The van der Waals surface area contributed by atoms with Crippen molar-refractivity contribution in [2.24, 2.45) is 52.5 Å². The second kappa shape index (κ2) is 34.4. The number of carboxylic acid groups (broad SMARTS) is 1. The zero-order valence-electron chi connectivity index (χ0n) is 44.7. The molecule has 412 valence electrons. The number of hydrogen-bond donors (Lipinski definition) is 9. The van der Waals surface area contributed by atoms with E-state index in [-0.39, 0.29) is 99.7 Å². The van der Waals surface area contributed by atoms with E-state index in [0.717, 1.165) is 16.7 Å². The van der Waals surface area contributed by atoms with Crippen molar-refractivity contribution in [3.8, 4) is 0 Å². The molecule has 0 spiro atoms. The number of aliphatic carboxylic acids is 1. The Morgan fingerprint density at radius 1 is 0.453 bits per heavy atom. The molecule has 3 rings (SSSR count). The van der Waals surface area contributed by atoms with Crippen molar-refractivity contribution < 1.29 is 43.5 Å². The van der Waals surface area contributed by atoms with E-state index in [2.05, 4.69) is 21.3 Å². The quantitative estimate of drug-likeness (QED) is 0.0358. The maximum atomic E-state index is 14.1. The van der Waals surface area contributed by atoms with Crippen molar-refractivity contribution in [1.29, 1.82) is 0 Å². The molecule has 0 saturated heterocycles. The number of nitrogens with two attached hydrogens (primary N) is 4. The molecule has 0 bridgehead atoms. The van der Waals surface area contributed by atoms with Gasteiger partial charge in [0.15, 0.2) is 17.3 Å². The Labute approximate surface area is 444 Å². The van der Waals surface area contributed by atoms with Crippen LogP contribution >= 0.6 is 0 Å². The first kappa shape index (κ1) is 63.2. The van der Waals surface area contributed by atoms with E-state index in [1.54, 1.807) is 0 Å². The van der Waals surface area contributed by atoms with Crippen LogP contribution in [0.5, 0.6) is 0 Å². The number of hydrogen-bond acceptors (Lipinski definition) is 12. The number of carbonyl (C=O) groups is 8. The van der Waals surface area contributed by atoms with E-state index in [1.165, 1.54) is 0 Å². The van der Waals surface area contributed by atoms with Crippen LogP contribution in [0, 0.1) is 29.6 Å².